The molecular weight excluding hydrogens is 314 g/mol. The molecule has 2 aromatic rings. The van der Waals surface area contributed by atoms with Crippen LogP contribution >= 0.6 is 15.9 Å². The van der Waals surface area contributed by atoms with E-state index in [0.717, 1.165) is 34.6 Å². The van der Waals surface area contributed by atoms with Crippen LogP contribution in [0.1, 0.15) is 17.9 Å². The third-order valence-electron chi connectivity index (χ3n) is 3.74. The van der Waals surface area contributed by atoms with Crippen LogP contribution in [0.3, 0.4) is 0 Å². The lowest BCUT2D eigenvalue weighted by atomic mass is 9.98. The van der Waals surface area contributed by atoms with Crippen molar-refractivity contribution in [2.45, 2.75) is 12.3 Å². The summed E-state index contributed by atoms with van der Waals surface area (Å²) in [4.78, 5) is 0. The molecule has 1 unspecified atom stereocenters. The zero-order valence-electron chi connectivity index (χ0n) is 11.2. The average Bonchev–Trinajstić information content (AvgIpc) is 2.98. The largest absolute Gasteiger partial charge is 0.397 e. The standard InChI is InChI=1S/C16H18BrN3/c17-13-3-6-15(18)16(9-13)20-14-4-1-11(2-5-14)12-7-8-19-10-12/h1-6,9,12,19-20H,7-8,10,18H2. The van der Waals surface area contributed by atoms with E-state index in [1.807, 2.05) is 18.2 Å². The minimum Gasteiger partial charge on any atom is -0.397 e. The summed E-state index contributed by atoms with van der Waals surface area (Å²) < 4.78 is 1.02. The van der Waals surface area contributed by atoms with Crippen LogP contribution in [0.4, 0.5) is 17.1 Å². The van der Waals surface area contributed by atoms with E-state index < -0.39 is 0 Å². The van der Waals surface area contributed by atoms with Gasteiger partial charge < -0.3 is 16.4 Å². The fourth-order valence-corrected chi connectivity index (χ4v) is 2.93. The molecule has 4 N–H and O–H groups in total. The number of hydrogen-bond donors (Lipinski definition) is 3. The minimum absolute atomic E-state index is 0.653. The first-order chi connectivity index (χ1) is 9.72. The van der Waals surface area contributed by atoms with Crippen LogP contribution in [-0.4, -0.2) is 13.1 Å². The monoisotopic (exact) mass is 331 g/mol. The predicted octanol–water partition coefficient (Wildman–Crippen LogP) is 3.85. The molecule has 0 radical (unpaired) electrons. The Balaban J connectivity index is 1.76. The van der Waals surface area contributed by atoms with Gasteiger partial charge in [0.05, 0.1) is 11.4 Å². The van der Waals surface area contributed by atoms with Crippen LogP contribution in [0.5, 0.6) is 0 Å². The molecule has 4 heteroatoms. The maximum absolute atomic E-state index is 5.98. The summed E-state index contributed by atoms with van der Waals surface area (Å²) in [6.07, 6.45) is 1.23. The van der Waals surface area contributed by atoms with Crippen molar-refractivity contribution in [3.63, 3.8) is 0 Å². The lowest BCUT2D eigenvalue weighted by Crippen LogP contribution is -2.07. The van der Waals surface area contributed by atoms with Crippen LogP contribution in [-0.2, 0) is 0 Å². The zero-order chi connectivity index (χ0) is 13.9. The zero-order valence-corrected chi connectivity index (χ0v) is 12.8. The highest BCUT2D eigenvalue weighted by atomic mass is 79.9. The maximum atomic E-state index is 5.98. The van der Waals surface area contributed by atoms with Gasteiger partial charge in [0.15, 0.2) is 0 Å². The summed E-state index contributed by atoms with van der Waals surface area (Å²) in [5.41, 5.74) is 10.1. The van der Waals surface area contributed by atoms with Gasteiger partial charge in [-0.2, -0.15) is 0 Å². The van der Waals surface area contributed by atoms with Crippen molar-refractivity contribution in [2.75, 3.05) is 24.1 Å². The first-order valence-corrected chi connectivity index (χ1v) is 7.64. The quantitative estimate of drug-likeness (QED) is 0.748. The Kier molecular flexibility index (Phi) is 3.94. The van der Waals surface area contributed by atoms with Crippen LogP contribution in [0.2, 0.25) is 0 Å². The van der Waals surface area contributed by atoms with Gasteiger partial charge in [0, 0.05) is 16.7 Å². The van der Waals surface area contributed by atoms with Gasteiger partial charge in [-0.25, -0.2) is 0 Å². The van der Waals surface area contributed by atoms with E-state index in [1.165, 1.54) is 12.0 Å². The van der Waals surface area contributed by atoms with Crippen molar-refractivity contribution < 1.29 is 0 Å². The molecule has 0 amide bonds. The third-order valence-corrected chi connectivity index (χ3v) is 4.23. The molecular formula is C16H18BrN3. The van der Waals surface area contributed by atoms with E-state index >= 15 is 0 Å². The lowest BCUT2D eigenvalue weighted by Gasteiger charge is -2.12. The molecule has 0 spiro atoms. The molecule has 2 aromatic carbocycles. The number of nitrogen functional groups attached to an aromatic ring is 1. The van der Waals surface area contributed by atoms with Crippen molar-refractivity contribution in [2.24, 2.45) is 0 Å². The molecule has 1 aliphatic heterocycles. The van der Waals surface area contributed by atoms with Crippen molar-refractivity contribution in [3.8, 4) is 0 Å². The molecule has 3 nitrogen and oxygen atoms in total. The number of hydrogen-bond acceptors (Lipinski definition) is 3. The topological polar surface area (TPSA) is 50.1 Å². The van der Waals surface area contributed by atoms with Gasteiger partial charge in [-0.1, -0.05) is 28.1 Å². The number of halogens is 1. The molecule has 1 atom stereocenters. The number of nitrogens with one attached hydrogen (secondary N) is 2. The van der Waals surface area contributed by atoms with Gasteiger partial charge in [0.2, 0.25) is 0 Å². The second-order valence-corrected chi connectivity index (χ2v) is 6.08. The average molecular weight is 332 g/mol. The maximum Gasteiger partial charge on any atom is 0.0629 e. The number of anilines is 3. The summed E-state index contributed by atoms with van der Waals surface area (Å²) in [6, 6.07) is 14.5. The highest BCUT2D eigenvalue weighted by Gasteiger charge is 2.16. The van der Waals surface area contributed by atoms with Crippen LogP contribution in [0, 0.1) is 0 Å². The molecule has 1 heterocycles. The minimum atomic E-state index is 0.653. The highest BCUT2D eigenvalue weighted by molar-refractivity contribution is 9.10. The summed E-state index contributed by atoms with van der Waals surface area (Å²) in [5.74, 6) is 0.653. The second kappa shape index (κ2) is 5.85. The molecule has 104 valence electrons. The summed E-state index contributed by atoms with van der Waals surface area (Å²) in [6.45, 7) is 2.21. The molecule has 0 bridgehead atoms. The van der Waals surface area contributed by atoms with Crippen molar-refractivity contribution in [3.05, 3.63) is 52.5 Å². The lowest BCUT2D eigenvalue weighted by molar-refractivity contribution is 0.763. The van der Waals surface area contributed by atoms with Crippen LogP contribution in [0.15, 0.2) is 46.9 Å². The normalized spacial score (nSPS) is 18.1. The van der Waals surface area contributed by atoms with Gasteiger partial charge in [-0.3, -0.25) is 0 Å². The fourth-order valence-electron chi connectivity index (χ4n) is 2.57. The molecule has 3 rings (SSSR count). The SMILES string of the molecule is Nc1ccc(Br)cc1Nc1ccc(C2CCNC2)cc1. The summed E-state index contributed by atoms with van der Waals surface area (Å²) in [5, 5.41) is 6.76. The summed E-state index contributed by atoms with van der Waals surface area (Å²) >= 11 is 3.46. The Morgan fingerprint density at radius 3 is 2.65 bits per heavy atom. The Morgan fingerprint density at radius 1 is 1.15 bits per heavy atom. The van der Waals surface area contributed by atoms with E-state index in [0.29, 0.717) is 5.92 Å². The first-order valence-electron chi connectivity index (χ1n) is 6.85. The molecule has 1 aliphatic rings. The molecule has 0 aliphatic carbocycles. The van der Waals surface area contributed by atoms with E-state index in [-0.39, 0.29) is 0 Å². The Hall–Kier alpha value is -1.52. The van der Waals surface area contributed by atoms with Crippen molar-refractivity contribution in [1.82, 2.24) is 5.32 Å². The van der Waals surface area contributed by atoms with Crippen molar-refractivity contribution in [1.29, 1.82) is 0 Å². The van der Waals surface area contributed by atoms with Gasteiger partial charge in [-0.15, -0.1) is 0 Å². The number of nitrogens with two attached hydrogens (primary N) is 1. The molecule has 1 saturated heterocycles. The van der Waals surface area contributed by atoms with E-state index in [4.69, 9.17) is 5.73 Å². The third kappa shape index (κ3) is 2.97. The first kappa shape index (κ1) is 13.5. The highest BCUT2D eigenvalue weighted by Crippen LogP contribution is 2.28. The number of rotatable bonds is 3. The number of benzene rings is 2. The van der Waals surface area contributed by atoms with Gasteiger partial charge in [-0.05, 0) is 54.8 Å². The summed E-state index contributed by atoms with van der Waals surface area (Å²) in [7, 11) is 0. The van der Waals surface area contributed by atoms with Crippen LogP contribution < -0.4 is 16.4 Å². The van der Waals surface area contributed by atoms with Crippen LogP contribution in [0.25, 0.3) is 0 Å². The molecule has 0 aromatic heterocycles. The van der Waals surface area contributed by atoms with Gasteiger partial charge in [0.25, 0.3) is 0 Å². The fraction of sp³-hybridized carbons (Fsp3) is 0.250. The second-order valence-electron chi connectivity index (χ2n) is 5.17. The Labute approximate surface area is 127 Å². The van der Waals surface area contributed by atoms with E-state index in [9.17, 15) is 0 Å². The van der Waals surface area contributed by atoms with E-state index in [1.54, 1.807) is 0 Å². The van der Waals surface area contributed by atoms with E-state index in [2.05, 4.69) is 50.8 Å². The van der Waals surface area contributed by atoms with Gasteiger partial charge >= 0.3 is 0 Å². The van der Waals surface area contributed by atoms with Crippen molar-refractivity contribution >= 4 is 33.0 Å². The Morgan fingerprint density at radius 2 is 1.95 bits per heavy atom. The molecule has 1 fully saturated rings. The van der Waals surface area contributed by atoms with Gasteiger partial charge in [0.1, 0.15) is 0 Å². The molecule has 20 heavy (non-hydrogen) atoms. The smallest absolute Gasteiger partial charge is 0.0629 e. The molecule has 0 saturated carbocycles. The Bertz CT molecular complexity index is 589. The predicted molar refractivity (Wildman–Crippen MR) is 88.5 cm³/mol.